The molecule has 2 rings (SSSR count). The van der Waals surface area contributed by atoms with E-state index < -0.39 is 6.04 Å². The Labute approximate surface area is 95.0 Å². The fourth-order valence-electron chi connectivity index (χ4n) is 2.41. The van der Waals surface area contributed by atoms with Crippen LogP contribution in [0.4, 0.5) is 0 Å². The number of nitrogens with two attached hydrogens (primary N) is 1. The number of rotatable bonds is 3. The second-order valence-electron chi connectivity index (χ2n) is 5.21. The Balaban J connectivity index is 2.19. The first-order chi connectivity index (χ1) is 7.54. The molecule has 0 aromatic carbocycles. The maximum absolute atomic E-state index is 8.92. The fourth-order valence-corrected chi connectivity index (χ4v) is 2.41. The van der Waals surface area contributed by atoms with E-state index in [1.165, 1.54) is 12.8 Å². The Morgan fingerprint density at radius 1 is 1.62 bits per heavy atom. The highest BCUT2D eigenvalue weighted by atomic mass is 16.5. The van der Waals surface area contributed by atoms with Crippen molar-refractivity contribution in [3.63, 3.8) is 0 Å². The molecule has 1 saturated carbocycles. The molecule has 2 unspecified atom stereocenters. The van der Waals surface area contributed by atoms with Crippen LogP contribution >= 0.6 is 0 Å². The first kappa shape index (κ1) is 11.5. The number of aromatic nitrogens is 2. The highest BCUT2D eigenvalue weighted by molar-refractivity contribution is 5.05. The summed E-state index contributed by atoms with van der Waals surface area (Å²) in [4.78, 5) is 4.30. The summed E-state index contributed by atoms with van der Waals surface area (Å²) in [5, 5.41) is 12.7. The van der Waals surface area contributed by atoms with Gasteiger partial charge in [-0.05, 0) is 18.3 Å². The number of aliphatic hydroxyl groups excluding tert-OH is 1. The molecule has 0 saturated heterocycles. The molecule has 2 atom stereocenters. The quantitative estimate of drug-likeness (QED) is 0.811. The van der Waals surface area contributed by atoms with Gasteiger partial charge >= 0.3 is 0 Å². The molecule has 5 nitrogen and oxygen atoms in total. The van der Waals surface area contributed by atoms with Crippen molar-refractivity contribution >= 4 is 0 Å². The SMILES string of the molecule is CC1(C)CCCC1c1nc(C(N)CO)no1. The predicted molar refractivity (Wildman–Crippen MR) is 58.7 cm³/mol. The number of hydrogen-bond acceptors (Lipinski definition) is 5. The average molecular weight is 225 g/mol. The third-order valence-corrected chi connectivity index (χ3v) is 3.54. The van der Waals surface area contributed by atoms with Crippen LogP contribution in [0, 0.1) is 5.41 Å². The molecule has 1 aromatic rings. The number of hydrogen-bond donors (Lipinski definition) is 2. The van der Waals surface area contributed by atoms with Crippen molar-refractivity contribution < 1.29 is 9.63 Å². The van der Waals surface area contributed by atoms with E-state index in [4.69, 9.17) is 15.4 Å². The van der Waals surface area contributed by atoms with Crippen molar-refractivity contribution in [3.05, 3.63) is 11.7 Å². The Bertz CT molecular complexity index is 362. The maximum atomic E-state index is 8.92. The van der Waals surface area contributed by atoms with Crippen molar-refractivity contribution in [2.24, 2.45) is 11.1 Å². The Kier molecular flexibility index (Phi) is 2.99. The fraction of sp³-hybridized carbons (Fsp3) is 0.818. The van der Waals surface area contributed by atoms with Gasteiger partial charge in [0.25, 0.3) is 0 Å². The van der Waals surface area contributed by atoms with Gasteiger partial charge in [0.1, 0.15) is 0 Å². The van der Waals surface area contributed by atoms with Crippen molar-refractivity contribution in [3.8, 4) is 0 Å². The van der Waals surface area contributed by atoms with E-state index in [1.54, 1.807) is 0 Å². The first-order valence-corrected chi connectivity index (χ1v) is 5.74. The van der Waals surface area contributed by atoms with E-state index in [2.05, 4.69) is 24.0 Å². The van der Waals surface area contributed by atoms with Crippen LogP contribution in [0.2, 0.25) is 0 Å². The van der Waals surface area contributed by atoms with E-state index in [0.717, 1.165) is 6.42 Å². The lowest BCUT2D eigenvalue weighted by Crippen LogP contribution is -2.18. The molecule has 0 radical (unpaired) electrons. The summed E-state index contributed by atoms with van der Waals surface area (Å²) in [5.74, 6) is 1.39. The standard InChI is InChI=1S/C11H19N3O2/c1-11(2)5-3-4-7(11)10-13-9(14-16-10)8(12)6-15/h7-8,15H,3-6,12H2,1-2H3. The van der Waals surface area contributed by atoms with Crippen LogP contribution in [0.3, 0.4) is 0 Å². The molecule has 1 heterocycles. The topological polar surface area (TPSA) is 85.2 Å². The smallest absolute Gasteiger partial charge is 0.230 e. The molecule has 16 heavy (non-hydrogen) atoms. The van der Waals surface area contributed by atoms with Crippen molar-refractivity contribution in [2.75, 3.05) is 6.61 Å². The zero-order chi connectivity index (χ0) is 11.8. The molecule has 1 aliphatic carbocycles. The maximum Gasteiger partial charge on any atom is 0.230 e. The Morgan fingerprint density at radius 3 is 2.94 bits per heavy atom. The third-order valence-electron chi connectivity index (χ3n) is 3.54. The molecule has 90 valence electrons. The van der Waals surface area contributed by atoms with Gasteiger partial charge in [0.05, 0.1) is 12.6 Å². The lowest BCUT2D eigenvalue weighted by atomic mass is 9.82. The van der Waals surface area contributed by atoms with Gasteiger partial charge < -0.3 is 15.4 Å². The highest BCUT2D eigenvalue weighted by Crippen LogP contribution is 2.48. The lowest BCUT2D eigenvalue weighted by Gasteiger charge is -2.23. The average Bonchev–Trinajstić information content (AvgIpc) is 2.82. The molecule has 0 spiro atoms. The normalized spacial score (nSPS) is 25.9. The number of nitrogens with zero attached hydrogens (tertiary/aromatic N) is 2. The van der Waals surface area contributed by atoms with E-state index >= 15 is 0 Å². The van der Waals surface area contributed by atoms with Gasteiger partial charge in [-0.1, -0.05) is 25.4 Å². The third kappa shape index (κ3) is 1.97. The lowest BCUT2D eigenvalue weighted by molar-refractivity contribution is 0.251. The molecule has 1 aliphatic rings. The van der Waals surface area contributed by atoms with Gasteiger partial charge in [0.15, 0.2) is 5.82 Å². The minimum Gasteiger partial charge on any atom is -0.394 e. The summed E-state index contributed by atoms with van der Waals surface area (Å²) in [6.07, 6.45) is 3.46. The van der Waals surface area contributed by atoms with Gasteiger partial charge in [0.2, 0.25) is 5.89 Å². The van der Waals surface area contributed by atoms with Crippen LogP contribution in [-0.4, -0.2) is 21.9 Å². The molecule has 1 fully saturated rings. The summed E-state index contributed by atoms with van der Waals surface area (Å²) in [7, 11) is 0. The largest absolute Gasteiger partial charge is 0.394 e. The molecule has 1 aromatic heterocycles. The summed E-state index contributed by atoms with van der Waals surface area (Å²) in [5.41, 5.74) is 5.85. The molecule has 0 aliphatic heterocycles. The summed E-state index contributed by atoms with van der Waals surface area (Å²) >= 11 is 0. The second-order valence-corrected chi connectivity index (χ2v) is 5.21. The monoisotopic (exact) mass is 225 g/mol. The van der Waals surface area contributed by atoms with Crippen LogP contribution in [0.15, 0.2) is 4.52 Å². The highest BCUT2D eigenvalue weighted by Gasteiger charge is 2.39. The Morgan fingerprint density at radius 2 is 2.38 bits per heavy atom. The van der Waals surface area contributed by atoms with Crippen LogP contribution in [0.25, 0.3) is 0 Å². The molecule has 5 heteroatoms. The van der Waals surface area contributed by atoms with Crippen LogP contribution in [0.5, 0.6) is 0 Å². The molecular weight excluding hydrogens is 206 g/mol. The molecular formula is C11H19N3O2. The van der Waals surface area contributed by atoms with Gasteiger partial charge in [-0.3, -0.25) is 0 Å². The van der Waals surface area contributed by atoms with Crippen LogP contribution in [-0.2, 0) is 0 Å². The van der Waals surface area contributed by atoms with E-state index in [0.29, 0.717) is 17.6 Å². The summed E-state index contributed by atoms with van der Waals surface area (Å²) < 4.78 is 5.25. The van der Waals surface area contributed by atoms with E-state index in [-0.39, 0.29) is 12.0 Å². The van der Waals surface area contributed by atoms with Gasteiger partial charge in [-0.25, -0.2) is 0 Å². The van der Waals surface area contributed by atoms with Crippen LogP contribution in [0.1, 0.15) is 56.8 Å². The van der Waals surface area contributed by atoms with Crippen molar-refractivity contribution in [1.82, 2.24) is 10.1 Å². The zero-order valence-electron chi connectivity index (χ0n) is 9.81. The summed E-state index contributed by atoms with van der Waals surface area (Å²) in [6, 6.07) is -0.540. The minimum absolute atomic E-state index is 0.160. The van der Waals surface area contributed by atoms with Gasteiger partial charge in [-0.15, -0.1) is 0 Å². The van der Waals surface area contributed by atoms with E-state index in [1.807, 2.05) is 0 Å². The van der Waals surface area contributed by atoms with E-state index in [9.17, 15) is 0 Å². The molecule has 0 bridgehead atoms. The molecule has 0 amide bonds. The van der Waals surface area contributed by atoms with Crippen molar-refractivity contribution in [1.29, 1.82) is 0 Å². The Hall–Kier alpha value is -0.940. The van der Waals surface area contributed by atoms with Gasteiger partial charge in [-0.2, -0.15) is 4.98 Å². The summed E-state index contributed by atoms with van der Waals surface area (Å²) in [6.45, 7) is 4.29. The zero-order valence-corrected chi connectivity index (χ0v) is 9.81. The van der Waals surface area contributed by atoms with Gasteiger partial charge in [0, 0.05) is 5.92 Å². The molecule has 3 N–H and O–H groups in total. The number of aliphatic hydroxyl groups is 1. The van der Waals surface area contributed by atoms with Crippen molar-refractivity contribution in [2.45, 2.75) is 45.1 Å². The second kappa shape index (κ2) is 4.14. The first-order valence-electron chi connectivity index (χ1n) is 5.74. The minimum atomic E-state index is -0.540. The van der Waals surface area contributed by atoms with Crippen LogP contribution < -0.4 is 5.73 Å². The predicted octanol–water partition coefficient (Wildman–Crippen LogP) is 1.36.